The number of halogens is 2. The van der Waals surface area contributed by atoms with Crippen LogP contribution >= 0.6 is 27.5 Å². The Morgan fingerprint density at radius 3 is 2.43 bits per heavy atom. The van der Waals surface area contributed by atoms with E-state index >= 15 is 0 Å². The summed E-state index contributed by atoms with van der Waals surface area (Å²) in [6, 6.07) is 13.2. The number of nitrogens with one attached hydrogen (secondary N) is 1. The first-order valence-corrected chi connectivity index (χ1v) is 14.7. The maximum Gasteiger partial charge on any atom is 0.244 e. The topological polar surface area (TPSA) is 86.8 Å². The van der Waals surface area contributed by atoms with Crippen molar-refractivity contribution in [1.29, 1.82) is 0 Å². The molecule has 0 saturated heterocycles. The van der Waals surface area contributed by atoms with Gasteiger partial charge in [0.05, 0.1) is 11.9 Å². The fourth-order valence-corrected chi connectivity index (χ4v) is 5.77. The molecule has 1 aliphatic rings. The predicted molar refractivity (Wildman–Crippen MR) is 143 cm³/mol. The third-order valence-corrected chi connectivity index (χ3v) is 8.16. The quantitative estimate of drug-likeness (QED) is 0.437. The van der Waals surface area contributed by atoms with E-state index in [2.05, 4.69) is 21.2 Å². The van der Waals surface area contributed by atoms with Crippen LogP contribution in [0.1, 0.15) is 44.6 Å². The van der Waals surface area contributed by atoms with Crippen LogP contribution in [0.5, 0.6) is 0 Å². The first-order valence-electron chi connectivity index (χ1n) is 11.7. The van der Waals surface area contributed by atoms with Gasteiger partial charge >= 0.3 is 0 Å². The molecule has 1 saturated carbocycles. The van der Waals surface area contributed by atoms with Crippen LogP contribution in [-0.2, 0) is 26.2 Å². The van der Waals surface area contributed by atoms with Gasteiger partial charge in [0, 0.05) is 22.1 Å². The zero-order valence-corrected chi connectivity index (χ0v) is 23.1. The zero-order valence-electron chi connectivity index (χ0n) is 19.9. The smallest absolute Gasteiger partial charge is 0.244 e. The summed E-state index contributed by atoms with van der Waals surface area (Å²) in [6.45, 7) is 1.49. The SMILES string of the molecule is CC[C@H](C(=O)NC1CCCC1)N(Cc1ccccc1Cl)C(=O)CN(c1cccc(Br)c1)S(C)(=O)=O. The molecule has 0 heterocycles. The molecule has 7 nitrogen and oxygen atoms in total. The van der Waals surface area contributed by atoms with E-state index < -0.39 is 28.5 Å². The Bertz CT molecular complexity index is 1150. The standard InChI is InChI=1S/C25H31BrClN3O4S/c1-3-23(25(32)28-20-11-5-6-12-20)29(16-18-9-4-7-14-22(18)27)24(31)17-30(35(2,33)34)21-13-8-10-19(26)15-21/h4,7-10,13-15,20,23H,3,5-6,11-12,16-17H2,1-2H3,(H,28,32)/t23-/m1/s1. The van der Waals surface area contributed by atoms with Gasteiger partial charge in [0.2, 0.25) is 21.8 Å². The summed E-state index contributed by atoms with van der Waals surface area (Å²) in [5.74, 6) is -0.711. The lowest BCUT2D eigenvalue weighted by Crippen LogP contribution is -2.53. The van der Waals surface area contributed by atoms with Gasteiger partial charge in [0.25, 0.3) is 0 Å². The number of sulfonamides is 1. The lowest BCUT2D eigenvalue weighted by atomic mass is 10.1. The van der Waals surface area contributed by atoms with Crippen LogP contribution in [0.15, 0.2) is 53.0 Å². The Hall–Kier alpha value is -2.10. The summed E-state index contributed by atoms with van der Waals surface area (Å²) in [5, 5.41) is 3.56. The molecule has 0 bridgehead atoms. The summed E-state index contributed by atoms with van der Waals surface area (Å²) in [6.07, 6.45) is 5.42. The van der Waals surface area contributed by atoms with Crippen molar-refractivity contribution in [2.45, 2.75) is 57.7 Å². The number of amides is 2. The van der Waals surface area contributed by atoms with Gasteiger partial charge in [0.1, 0.15) is 12.6 Å². The molecular weight excluding hydrogens is 554 g/mol. The molecular formula is C25H31BrClN3O4S. The van der Waals surface area contributed by atoms with Gasteiger partial charge in [-0.1, -0.05) is 71.6 Å². The van der Waals surface area contributed by atoms with Crippen LogP contribution in [0, 0.1) is 0 Å². The summed E-state index contributed by atoms with van der Waals surface area (Å²) >= 11 is 9.73. The van der Waals surface area contributed by atoms with Crippen molar-refractivity contribution in [2.24, 2.45) is 0 Å². The first-order chi connectivity index (χ1) is 16.6. The minimum atomic E-state index is -3.78. The highest BCUT2D eigenvalue weighted by molar-refractivity contribution is 9.10. The van der Waals surface area contributed by atoms with Crippen LogP contribution in [0.3, 0.4) is 0 Å². The molecule has 1 atom stereocenters. The summed E-state index contributed by atoms with van der Waals surface area (Å²) < 4.78 is 27.1. The van der Waals surface area contributed by atoms with Gasteiger partial charge in [-0.2, -0.15) is 0 Å². The van der Waals surface area contributed by atoms with Gasteiger partial charge < -0.3 is 10.2 Å². The van der Waals surface area contributed by atoms with E-state index in [4.69, 9.17) is 11.6 Å². The number of hydrogen-bond acceptors (Lipinski definition) is 4. The monoisotopic (exact) mass is 583 g/mol. The second-order valence-corrected chi connectivity index (χ2v) is 12.0. The van der Waals surface area contributed by atoms with E-state index in [9.17, 15) is 18.0 Å². The maximum atomic E-state index is 13.7. The highest BCUT2D eigenvalue weighted by Crippen LogP contribution is 2.25. The molecule has 1 fully saturated rings. The van der Waals surface area contributed by atoms with Crippen molar-refractivity contribution in [3.8, 4) is 0 Å². The molecule has 2 aromatic carbocycles. The van der Waals surface area contributed by atoms with Crippen LogP contribution in [0.4, 0.5) is 5.69 Å². The van der Waals surface area contributed by atoms with Gasteiger partial charge in [-0.25, -0.2) is 8.42 Å². The number of carbonyl (C=O) groups is 2. The molecule has 2 aromatic rings. The molecule has 0 aromatic heterocycles. The average molecular weight is 585 g/mol. The molecule has 0 unspecified atom stereocenters. The summed E-state index contributed by atoms with van der Waals surface area (Å²) in [5.41, 5.74) is 1.04. The Kier molecular flexibility index (Phi) is 9.61. The lowest BCUT2D eigenvalue weighted by Gasteiger charge is -2.33. The minimum Gasteiger partial charge on any atom is -0.352 e. The zero-order chi connectivity index (χ0) is 25.6. The molecule has 10 heteroatoms. The third-order valence-electron chi connectivity index (χ3n) is 6.16. The van der Waals surface area contributed by atoms with E-state index in [-0.39, 0.29) is 18.5 Å². The largest absolute Gasteiger partial charge is 0.352 e. The summed E-state index contributed by atoms with van der Waals surface area (Å²) in [7, 11) is -3.78. The number of nitrogens with zero attached hydrogens (tertiary/aromatic N) is 2. The van der Waals surface area contributed by atoms with Gasteiger partial charge in [0.15, 0.2) is 0 Å². The van der Waals surface area contributed by atoms with Crippen molar-refractivity contribution in [3.63, 3.8) is 0 Å². The second kappa shape index (κ2) is 12.2. The Morgan fingerprint density at radius 1 is 1.14 bits per heavy atom. The Morgan fingerprint density at radius 2 is 1.83 bits per heavy atom. The molecule has 0 radical (unpaired) electrons. The van der Waals surface area contributed by atoms with E-state index in [0.717, 1.165) is 36.2 Å². The first kappa shape index (κ1) is 27.5. The molecule has 1 aliphatic carbocycles. The van der Waals surface area contributed by atoms with Crippen molar-refractivity contribution in [2.75, 3.05) is 17.1 Å². The van der Waals surface area contributed by atoms with Gasteiger partial charge in [-0.05, 0) is 49.1 Å². The number of benzene rings is 2. The third kappa shape index (κ3) is 7.44. The minimum absolute atomic E-state index is 0.0885. The van der Waals surface area contributed by atoms with Gasteiger partial charge in [-0.15, -0.1) is 0 Å². The highest BCUT2D eigenvalue weighted by Gasteiger charge is 2.33. The maximum absolute atomic E-state index is 13.7. The van der Waals surface area contributed by atoms with Crippen molar-refractivity contribution in [3.05, 3.63) is 63.6 Å². The summed E-state index contributed by atoms with van der Waals surface area (Å²) in [4.78, 5) is 28.4. The van der Waals surface area contributed by atoms with Crippen LogP contribution in [0.2, 0.25) is 5.02 Å². The number of carbonyl (C=O) groups excluding carboxylic acids is 2. The van der Waals surface area contributed by atoms with E-state index in [1.54, 1.807) is 42.5 Å². The van der Waals surface area contributed by atoms with Crippen molar-refractivity contribution >= 4 is 55.1 Å². The number of hydrogen-bond donors (Lipinski definition) is 1. The van der Waals surface area contributed by atoms with Crippen LogP contribution in [-0.4, -0.2) is 50.0 Å². The Balaban J connectivity index is 1.93. The van der Waals surface area contributed by atoms with E-state index in [0.29, 0.717) is 27.2 Å². The van der Waals surface area contributed by atoms with E-state index in [1.165, 1.54) is 4.90 Å². The molecule has 35 heavy (non-hydrogen) atoms. The molecule has 3 rings (SSSR count). The second-order valence-electron chi connectivity index (χ2n) is 8.78. The fourth-order valence-electron chi connectivity index (χ4n) is 4.34. The molecule has 0 spiro atoms. The molecule has 190 valence electrons. The Labute approximate surface area is 221 Å². The lowest BCUT2D eigenvalue weighted by molar-refractivity contribution is -0.140. The highest BCUT2D eigenvalue weighted by atomic mass is 79.9. The molecule has 0 aliphatic heterocycles. The van der Waals surface area contributed by atoms with Crippen LogP contribution < -0.4 is 9.62 Å². The number of anilines is 1. The van der Waals surface area contributed by atoms with Crippen molar-refractivity contribution in [1.82, 2.24) is 10.2 Å². The van der Waals surface area contributed by atoms with Crippen molar-refractivity contribution < 1.29 is 18.0 Å². The average Bonchev–Trinajstić information content (AvgIpc) is 3.30. The normalized spacial score (nSPS) is 15.0. The predicted octanol–water partition coefficient (Wildman–Crippen LogP) is 4.73. The molecule has 2 amide bonds. The van der Waals surface area contributed by atoms with Crippen LogP contribution in [0.25, 0.3) is 0 Å². The van der Waals surface area contributed by atoms with E-state index in [1.807, 2.05) is 13.0 Å². The molecule has 1 N–H and O–H groups in total. The van der Waals surface area contributed by atoms with Gasteiger partial charge in [-0.3, -0.25) is 13.9 Å². The number of rotatable bonds is 10. The fraction of sp³-hybridized carbons (Fsp3) is 0.440.